The molecule has 10 nitrogen and oxygen atoms in total. The lowest BCUT2D eigenvalue weighted by Gasteiger charge is -2.35. The van der Waals surface area contributed by atoms with Crippen LogP contribution in [-0.2, 0) is 24.6 Å². The third-order valence-corrected chi connectivity index (χ3v) is 10.7. The lowest BCUT2D eigenvalue weighted by Crippen LogP contribution is -2.50. The summed E-state index contributed by atoms with van der Waals surface area (Å²) in [5.74, 6) is -2.51. The molecule has 244 valence electrons. The molecule has 1 aliphatic rings. The van der Waals surface area contributed by atoms with E-state index in [9.17, 15) is 26.0 Å². The van der Waals surface area contributed by atoms with Crippen molar-refractivity contribution in [1.29, 1.82) is 0 Å². The second-order valence-corrected chi connectivity index (χ2v) is 16.1. The van der Waals surface area contributed by atoms with Crippen molar-refractivity contribution in [2.24, 2.45) is 0 Å². The minimum atomic E-state index is -4.49. The van der Waals surface area contributed by atoms with E-state index < -0.39 is 54.0 Å². The number of aromatic nitrogens is 1. The molecule has 3 aromatic rings. The third-order valence-electron chi connectivity index (χ3n) is 6.82. The molecule has 0 bridgehead atoms. The Morgan fingerprint density at radius 1 is 0.978 bits per heavy atom. The van der Waals surface area contributed by atoms with Crippen molar-refractivity contribution >= 4 is 55.0 Å². The van der Waals surface area contributed by atoms with Crippen LogP contribution in [0.2, 0.25) is 10.0 Å². The van der Waals surface area contributed by atoms with Gasteiger partial charge in [0.2, 0.25) is 10.0 Å². The van der Waals surface area contributed by atoms with Crippen LogP contribution in [0.25, 0.3) is 0 Å². The molecular weight excluding hydrogens is 673 g/mol. The smallest absolute Gasteiger partial charge is 0.410 e. The standard InChI is InChI=1S/C29H32Cl2F2N4O6S2/c1-29(2,3)43-28(38)37-12-10-36(11-13-37)14-15-44(39,40)35-26-17-22(24(31)18-34-26)27(23-16-20(32)6-9-25(23)33)45(41,42)21-7-4-19(30)5-8-21/h4-9,16-18,27H,10-15H2,1-3H3,(H,34,35). The normalized spacial score (nSPS) is 15.5. The molecule has 1 N–H and O–H groups in total. The maximum atomic E-state index is 15.1. The first-order valence-electron chi connectivity index (χ1n) is 13.8. The van der Waals surface area contributed by atoms with Gasteiger partial charge in [0.25, 0.3) is 0 Å². The third kappa shape index (κ3) is 9.03. The highest BCUT2D eigenvalue weighted by Crippen LogP contribution is 2.40. The van der Waals surface area contributed by atoms with Gasteiger partial charge in [0.05, 0.1) is 15.7 Å². The molecule has 1 fully saturated rings. The van der Waals surface area contributed by atoms with Crippen molar-refractivity contribution in [2.45, 2.75) is 36.5 Å². The fourth-order valence-electron chi connectivity index (χ4n) is 4.63. The molecule has 0 saturated carbocycles. The molecule has 1 amide bonds. The van der Waals surface area contributed by atoms with Gasteiger partial charge in [-0.15, -0.1) is 0 Å². The fourth-order valence-corrected chi connectivity index (χ4v) is 7.89. The van der Waals surface area contributed by atoms with E-state index in [4.69, 9.17) is 27.9 Å². The second-order valence-electron chi connectivity index (χ2n) is 11.4. The van der Waals surface area contributed by atoms with Crippen LogP contribution in [0.3, 0.4) is 0 Å². The van der Waals surface area contributed by atoms with Crippen LogP contribution >= 0.6 is 23.2 Å². The fraction of sp³-hybridized carbons (Fsp3) is 0.379. The summed E-state index contributed by atoms with van der Waals surface area (Å²) >= 11 is 12.3. The molecule has 1 saturated heterocycles. The predicted octanol–water partition coefficient (Wildman–Crippen LogP) is 5.52. The SMILES string of the molecule is CC(C)(C)OC(=O)N1CCN(CCS(=O)(=O)Nc2cc(C(c3cc(F)ccc3F)S(=O)(=O)c3ccc(Cl)cc3)c(Cl)cn2)CC1. The number of anilines is 1. The minimum absolute atomic E-state index is 0.139. The van der Waals surface area contributed by atoms with Crippen molar-refractivity contribution < 1.29 is 35.1 Å². The van der Waals surface area contributed by atoms with Crippen LogP contribution in [0, 0.1) is 11.6 Å². The summed E-state index contributed by atoms with van der Waals surface area (Å²) < 4.78 is 90.9. The van der Waals surface area contributed by atoms with Gasteiger partial charge in [-0.25, -0.2) is 35.4 Å². The van der Waals surface area contributed by atoms with Crippen molar-refractivity contribution in [3.05, 3.63) is 87.5 Å². The zero-order valence-corrected chi connectivity index (χ0v) is 27.8. The van der Waals surface area contributed by atoms with Gasteiger partial charge >= 0.3 is 6.09 Å². The summed E-state index contributed by atoms with van der Waals surface area (Å²) in [6.45, 7) is 7.06. The molecule has 4 rings (SSSR count). The number of pyridine rings is 1. The molecule has 0 aliphatic carbocycles. The lowest BCUT2D eigenvalue weighted by atomic mass is 10.0. The number of piperazine rings is 1. The summed E-state index contributed by atoms with van der Waals surface area (Å²) in [5, 5.41) is -1.83. The highest BCUT2D eigenvalue weighted by molar-refractivity contribution is 7.92. The Hall–Kier alpha value is -3.04. The van der Waals surface area contributed by atoms with Gasteiger partial charge in [0.15, 0.2) is 9.84 Å². The summed E-state index contributed by atoms with van der Waals surface area (Å²) in [4.78, 5) is 19.5. The van der Waals surface area contributed by atoms with E-state index in [1.807, 2.05) is 4.90 Å². The second kappa shape index (κ2) is 13.8. The van der Waals surface area contributed by atoms with E-state index in [1.54, 1.807) is 25.7 Å². The average molecular weight is 706 g/mol. The maximum Gasteiger partial charge on any atom is 0.410 e. The quantitative estimate of drug-likeness (QED) is 0.309. The molecule has 0 spiro atoms. The van der Waals surface area contributed by atoms with Crippen LogP contribution in [0.1, 0.15) is 37.1 Å². The molecule has 1 aromatic heterocycles. The van der Waals surface area contributed by atoms with Crippen LogP contribution in [0.5, 0.6) is 0 Å². The van der Waals surface area contributed by atoms with Crippen molar-refractivity contribution in [3.8, 4) is 0 Å². The monoisotopic (exact) mass is 704 g/mol. The van der Waals surface area contributed by atoms with Crippen LogP contribution in [0.4, 0.5) is 19.4 Å². The molecular formula is C29H32Cl2F2N4O6S2. The van der Waals surface area contributed by atoms with E-state index in [1.165, 1.54) is 24.3 Å². The van der Waals surface area contributed by atoms with E-state index >= 15 is 4.39 Å². The summed E-state index contributed by atoms with van der Waals surface area (Å²) in [6, 6.07) is 8.56. The van der Waals surface area contributed by atoms with E-state index in [2.05, 4.69) is 9.71 Å². The number of carbonyl (C=O) groups is 1. The molecule has 2 heterocycles. The summed E-state index contributed by atoms with van der Waals surface area (Å²) in [6.07, 6.45) is 0.599. The molecule has 1 aliphatic heterocycles. The van der Waals surface area contributed by atoms with E-state index in [0.717, 1.165) is 30.5 Å². The van der Waals surface area contributed by atoms with E-state index in [0.29, 0.717) is 26.2 Å². The first kappa shape index (κ1) is 34.8. The molecule has 1 unspecified atom stereocenters. The van der Waals surface area contributed by atoms with Gasteiger partial charge < -0.3 is 9.64 Å². The van der Waals surface area contributed by atoms with Crippen molar-refractivity contribution in [3.63, 3.8) is 0 Å². The van der Waals surface area contributed by atoms with E-state index in [-0.39, 0.29) is 38.6 Å². The maximum absolute atomic E-state index is 15.1. The number of amides is 1. The Morgan fingerprint density at radius 3 is 2.24 bits per heavy atom. The number of carbonyl (C=O) groups excluding carboxylic acids is 1. The molecule has 0 radical (unpaired) electrons. The number of nitrogens with zero attached hydrogens (tertiary/aromatic N) is 3. The van der Waals surface area contributed by atoms with Gasteiger partial charge in [0.1, 0.15) is 28.3 Å². The van der Waals surface area contributed by atoms with Gasteiger partial charge in [-0.1, -0.05) is 23.2 Å². The van der Waals surface area contributed by atoms with Crippen molar-refractivity contribution in [1.82, 2.24) is 14.8 Å². The minimum Gasteiger partial charge on any atom is -0.444 e. The van der Waals surface area contributed by atoms with Gasteiger partial charge in [-0.2, -0.15) is 0 Å². The number of sulfonamides is 1. The predicted molar refractivity (Wildman–Crippen MR) is 168 cm³/mol. The largest absolute Gasteiger partial charge is 0.444 e. The van der Waals surface area contributed by atoms with Crippen molar-refractivity contribution in [2.75, 3.05) is 43.2 Å². The molecule has 2 aromatic carbocycles. The molecule has 1 atom stereocenters. The Kier molecular flexibility index (Phi) is 10.6. The highest BCUT2D eigenvalue weighted by atomic mass is 35.5. The number of ether oxygens (including phenoxy) is 1. The summed E-state index contributed by atoms with van der Waals surface area (Å²) in [7, 11) is -8.51. The zero-order valence-electron chi connectivity index (χ0n) is 24.6. The number of nitrogens with one attached hydrogen (secondary N) is 1. The number of hydrogen-bond donors (Lipinski definition) is 1. The Labute approximate surface area is 271 Å². The van der Waals surface area contributed by atoms with Gasteiger partial charge in [-0.3, -0.25) is 9.62 Å². The van der Waals surface area contributed by atoms with Gasteiger partial charge in [-0.05, 0) is 74.9 Å². The molecule has 16 heteroatoms. The number of halogens is 4. The average Bonchev–Trinajstić information content (AvgIpc) is 2.95. The number of hydrogen-bond acceptors (Lipinski definition) is 8. The topological polar surface area (TPSA) is 126 Å². The zero-order chi connectivity index (χ0) is 33.2. The van der Waals surface area contributed by atoms with Crippen LogP contribution in [-0.4, -0.2) is 81.8 Å². The van der Waals surface area contributed by atoms with Crippen LogP contribution < -0.4 is 4.72 Å². The Balaban J connectivity index is 1.55. The highest BCUT2D eigenvalue weighted by Gasteiger charge is 2.35. The first-order valence-corrected chi connectivity index (χ1v) is 17.7. The Bertz CT molecular complexity index is 1760. The Morgan fingerprint density at radius 2 is 1.62 bits per heavy atom. The first-order chi connectivity index (χ1) is 20.9. The number of benzene rings is 2. The summed E-state index contributed by atoms with van der Waals surface area (Å²) in [5.41, 5.74) is -1.38. The van der Waals surface area contributed by atoms with Crippen LogP contribution in [0.15, 0.2) is 59.6 Å². The molecule has 45 heavy (non-hydrogen) atoms. The van der Waals surface area contributed by atoms with Gasteiger partial charge in [0, 0.05) is 49.5 Å². The number of rotatable bonds is 9. The number of sulfone groups is 1. The lowest BCUT2D eigenvalue weighted by molar-refractivity contribution is 0.0150.